The first kappa shape index (κ1) is 15.7. The zero-order chi connectivity index (χ0) is 16.0. The van der Waals surface area contributed by atoms with Crippen molar-refractivity contribution in [2.75, 3.05) is 13.1 Å². The van der Waals surface area contributed by atoms with Crippen LogP contribution in [0.4, 0.5) is 0 Å². The van der Waals surface area contributed by atoms with Crippen molar-refractivity contribution >= 4 is 21.6 Å². The molecule has 0 radical (unpaired) electrons. The third-order valence-corrected chi connectivity index (χ3v) is 6.00. The smallest absolute Gasteiger partial charge is 0.259 e. The highest BCUT2D eigenvalue weighted by Gasteiger charge is 2.27. The molecule has 2 aromatic rings. The summed E-state index contributed by atoms with van der Waals surface area (Å²) in [6, 6.07) is 0.157. The largest absolute Gasteiger partial charge is 0.309 e. The van der Waals surface area contributed by atoms with Gasteiger partial charge in [0.25, 0.3) is 5.56 Å². The first-order valence-electron chi connectivity index (χ1n) is 8.10. The molecule has 1 aliphatic heterocycles. The van der Waals surface area contributed by atoms with E-state index in [1.165, 1.54) is 11.3 Å². The number of hydrogen-bond acceptors (Lipinski definition) is 4. The Labute approximate surface area is 135 Å². The molecule has 0 unspecified atom stereocenters. The number of thiophene rings is 1. The van der Waals surface area contributed by atoms with Crippen LogP contribution in [0, 0.1) is 25.7 Å². The van der Waals surface area contributed by atoms with Crippen LogP contribution in [0.2, 0.25) is 0 Å². The Hall–Kier alpha value is -1.20. The highest BCUT2D eigenvalue weighted by atomic mass is 32.1. The number of rotatable bonds is 2. The molecule has 120 valence electrons. The fourth-order valence-corrected chi connectivity index (χ4v) is 4.71. The minimum absolute atomic E-state index is 0.00630. The second-order valence-electron chi connectivity index (χ2n) is 6.99. The zero-order valence-corrected chi connectivity index (χ0v) is 14.9. The molecule has 3 heterocycles. The topological polar surface area (TPSA) is 49.0 Å². The lowest BCUT2D eigenvalue weighted by Gasteiger charge is -2.38. The van der Waals surface area contributed by atoms with Crippen molar-refractivity contribution in [3.05, 3.63) is 26.6 Å². The summed E-state index contributed by atoms with van der Waals surface area (Å²) < 4.78 is 0. The van der Waals surface area contributed by atoms with Crippen molar-refractivity contribution in [1.82, 2.24) is 14.9 Å². The van der Waals surface area contributed by atoms with Crippen LogP contribution in [0.25, 0.3) is 10.2 Å². The van der Waals surface area contributed by atoms with E-state index in [4.69, 9.17) is 4.98 Å². The van der Waals surface area contributed by atoms with Gasteiger partial charge in [0.2, 0.25) is 0 Å². The molecule has 2 aromatic heterocycles. The number of aryl methyl sites for hydroxylation is 2. The van der Waals surface area contributed by atoms with Crippen LogP contribution in [0.3, 0.4) is 0 Å². The number of nitrogens with zero attached hydrogens (tertiary/aromatic N) is 2. The van der Waals surface area contributed by atoms with Gasteiger partial charge in [0.1, 0.15) is 10.7 Å². The summed E-state index contributed by atoms with van der Waals surface area (Å²) in [5.74, 6) is 2.21. The van der Waals surface area contributed by atoms with Crippen molar-refractivity contribution in [2.24, 2.45) is 11.8 Å². The van der Waals surface area contributed by atoms with Gasteiger partial charge in [-0.15, -0.1) is 11.3 Å². The van der Waals surface area contributed by atoms with Crippen LogP contribution in [0.5, 0.6) is 0 Å². The number of nitrogens with one attached hydrogen (secondary N) is 1. The molecule has 3 rings (SSSR count). The van der Waals surface area contributed by atoms with E-state index in [1.807, 2.05) is 6.92 Å². The lowest BCUT2D eigenvalue weighted by atomic mass is 9.91. The quantitative estimate of drug-likeness (QED) is 0.919. The normalized spacial score (nSPS) is 24.8. The van der Waals surface area contributed by atoms with Crippen LogP contribution < -0.4 is 5.56 Å². The lowest BCUT2D eigenvalue weighted by Crippen LogP contribution is -2.41. The maximum Gasteiger partial charge on any atom is 0.259 e. The van der Waals surface area contributed by atoms with Gasteiger partial charge in [0.15, 0.2) is 0 Å². The SMILES string of the molecule is Cc1sc2nc([C@@H](C)N3C[C@H](C)C[C@H](C)C3)[nH]c(=O)c2c1C. The van der Waals surface area contributed by atoms with Crippen molar-refractivity contribution in [2.45, 2.75) is 47.1 Å². The molecule has 0 saturated carbocycles. The molecule has 0 aromatic carbocycles. The van der Waals surface area contributed by atoms with Crippen molar-refractivity contribution in [1.29, 1.82) is 0 Å². The summed E-state index contributed by atoms with van der Waals surface area (Å²) in [6.45, 7) is 13.0. The summed E-state index contributed by atoms with van der Waals surface area (Å²) in [5, 5.41) is 0.763. The fourth-order valence-electron chi connectivity index (χ4n) is 3.67. The van der Waals surface area contributed by atoms with E-state index < -0.39 is 0 Å². The molecule has 5 heteroatoms. The average molecular weight is 319 g/mol. The minimum Gasteiger partial charge on any atom is -0.309 e. The van der Waals surface area contributed by atoms with Gasteiger partial charge in [-0.25, -0.2) is 4.98 Å². The molecule has 1 aliphatic rings. The molecule has 1 N–H and O–H groups in total. The monoisotopic (exact) mass is 319 g/mol. The minimum atomic E-state index is 0.00630. The van der Waals surface area contributed by atoms with E-state index in [9.17, 15) is 4.79 Å². The van der Waals surface area contributed by atoms with Gasteiger partial charge in [-0.05, 0) is 44.6 Å². The van der Waals surface area contributed by atoms with Crippen molar-refractivity contribution in [3.63, 3.8) is 0 Å². The highest BCUT2D eigenvalue weighted by molar-refractivity contribution is 7.18. The van der Waals surface area contributed by atoms with Gasteiger partial charge in [-0.1, -0.05) is 13.8 Å². The molecule has 1 saturated heterocycles. The summed E-state index contributed by atoms with van der Waals surface area (Å²) in [6.07, 6.45) is 1.29. The fraction of sp³-hybridized carbons (Fsp3) is 0.647. The van der Waals surface area contributed by atoms with Crippen molar-refractivity contribution < 1.29 is 0 Å². The predicted molar refractivity (Wildman–Crippen MR) is 92.6 cm³/mol. The summed E-state index contributed by atoms with van der Waals surface area (Å²) in [4.78, 5) is 24.7. The van der Waals surface area contributed by atoms with Crippen LogP contribution in [0.15, 0.2) is 4.79 Å². The van der Waals surface area contributed by atoms with E-state index in [0.29, 0.717) is 11.8 Å². The molecule has 3 atom stereocenters. The van der Waals surface area contributed by atoms with Gasteiger partial charge in [-0.3, -0.25) is 9.69 Å². The Kier molecular flexibility index (Phi) is 4.12. The van der Waals surface area contributed by atoms with Crippen molar-refractivity contribution in [3.8, 4) is 0 Å². The van der Waals surface area contributed by atoms with Gasteiger partial charge in [-0.2, -0.15) is 0 Å². The molecule has 4 nitrogen and oxygen atoms in total. The Morgan fingerprint density at radius 2 is 1.91 bits per heavy atom. The number of aromatic amines is 1. The van der Waals surface area contributed by atoms with E-state index in [0.717, 1.165) is 34.7 Å². The maximum atomic E-state index is 12.4. The molecule has 0 spiro atoms. The first-order valence-corrected chi connectivity index (χ1v) is 8.92. The van der Waals surface area contributed by atoms with Crippen LogP contribution >= 0.6 is 11.3 Å². The molecule has 1 fully saturated rings. The summed E-state index contributed by atoms with van der Waals surface area (Å²) >= 11 is 1.62. The maximum absolute atomic E-state index is 12.4. The van der Waals surface area contributed by atoms with Gasteiger partial charge < -0.3 is 4.98 Å². The first-order chi connectivity index (χ1) is 10.4. The van der Waals surface area contributed by atoms with E-state index >= 15 is 0 Å². The number of likely N-dealkylation sites (tertiary alicyclic amines) is 1. The Morgan fingerprint density at radius 1 is 1.27 bits per heavy atom. The predicted octanol–water partition coefficient (Wildman–Crippen LogP) is 3.64. The second-order valence-corrected chi connectivity index (χ2v) is 8.19. The second kappa shape index (κ2) is 5.78. The summed E-state index contributed by atoms with van der Waals surface area (Å²) in [5.41, 5.74) is 1.07. The third kappa shape index (κ3) is 2.72. The van der Waals surface area contributed by atoms with E-state index in [-0.39, 0.29) is 11.6 Å². The van der Waals surface area contributed by atoms with Crippen LogP contribution in [-0.2, 0) is 0 Å². The molecular formula is C17H25N3OS. The van der Waals surface area contributed by atoms with Gasteiger partial charge in [0, 0.05) is 18.0 Å². The number of H-pyrrole nitrogens is 1. The zero-order valence-electron chi connectivity index (χ0n) is 14.1. The number of fused-ring (bicyclic) bond motifs is 1. The number of hydrogen-bond donors (Lipinski definition) is 1. The van der Waals surface area contributed by atoms with E-state index in [2.05, 4.69) is 37.6 Å². The lowest BCUT2D eigenvalue weighted by molar-refractivity contribution is 0.0992. The van der Waals surface area contributed by atoms with Gasteiger partial charge >= 0.3 is 0 Å². The molecule has 22 heavy (non-hydrogen) atoms. The molecule has 0 aliphatic carbocycles. The highest BCUT2D eigenvalue weighted by Crippen LogP contribution is 2.30. The van der Waals surface area contributed by atoms with Crippen LogP contribution in [0.1, 0.15) is 49.5 Å². The third-order valence-electron chi connectivity index (χ3n) is 4.90. The molecular weight excluding hydrogens is 294 g/mol. The van der Waals surface area contributed by atoms with Gasteiger partial charge in [0.05, 0.1) is 11.4 Å². The van der Waals surface area contributed by atoms with Crippen LogP contribution in [-0.4, -0.2) is 28.0 Å². The Morgan fingerprint density at radius 3 is 2.55 bits per heavy atom. The molecule has 0 bridgehead atoms. The standard InChI is InChI=1S/C17H25N3OS/c1-9-6-10(2)8-20(7-9)12(4)15-18-16(21)14-11(3)13(5)22-17(14)19-15/h9-10,12H,6-8H2,1-5H3,(H,18,19,21)/t9-,10+,12-/m1/s1. The average Bonchev–Trinajstić information content (AvgIpc) is 2.72. The number of aromatic nitrogens is 2. The van der Waals surface area contributed by atoms with E-state index in [1.54, 1.807) is 11.3 Å². The number of piperidine rings is 1. The Balaban J connectivity index is 1.97. The summed E-state index contributed by atoms with van der Waals surface area (Å²) in [7, 11) is 0. The molecule has 0 amide bonds. The Bertz CT molecular complexity index is 738.